The fraction of sp³-hybridized carbons (Fsp3) is 0.440. The Morgan fingerprint density at radius 2 is 1.84 bits per heavy atom. The normalized spacial score (nSPS) is 19.8. The molecule has 31 heavy (non-hydrogen) atoms. The summed E-state index contributed by atoms with van der Waals surface area (Å²) >= 11 is 0. The van der Waals surface area contributed by atoms with Gasteiger partial charge in [0.1, 0.15) is 11.4 Å². The number of benzene rings is 1. The number of amides is 1. The van der Waals surface area contributed by atoms with E-state index in [4.69, 9.17) is 9.72 Å². The van der Waals surface area contributed by atoms with Crippen molar-refractivity contribution < 1.29 is 9.53 Å². The van der Waals surface area contributed by atoms with Crippen LogP contribution >= 0.6 is 0 Å². The Labute approximate surface area is 183 Å². The molecule has 2 aliphatic heterocycles. The molecule has 0 saturated carbocycles. The minimum absolute atomic E-state index is 0.160. The first-order chi connectivity index (χ1) is 15.0. The number of pyridine rings is 1. The highest BCUT2D eigenvalue weighted by Gasteiger charge is 2.47. The Bertz CT molecular complexity index is 1070. The fourth-order valence-corrected chi connectivity index (χ4v) is 5.02. The number of likely N-dealkylation sites (tertiary alicyclic amines) is 1. The number of hydrogen-bond acceptors (Lipinski definition) is 4. The first-order valence-corrected chi connectivity index (χ1v) is 11.2. The number of hydrogen-bond donors (Lipinski definition) is 0. The van der Waals surface area contributed by atoms with Crippen molar-refractivity contribution in [1.29, 1.82) is 0 Å². The van der Waals surface area contributed by atoms with E-state index < -0.39 is 0 Å². The number of aromatic nitrogens is 2. The maximum absolute atomic E-state index is 12.6. The number of ether oxygens (including phenoxy) is 1. The highest BCUT2D eigenvalue weighted by Crippen LogP contribution is 2.35. The SMILES string of the molecule is Cc1nc(CN2CCC3(CC2)CN(CC(C)c2ccccc2)C(=O)O3)c2ccccn12. The van der Waals surface area contributed by atoms with Gasteiger partial charge in [0, 0.05) is 45.2 Å². The van der Waals surface area contributed by atoms with Gasteiger partial charge in [-0.3, -0.25) is 4.90 Å². The molecule has 5 rings (SSSR count). The van der Waals surface area contributed by atoms with Crippen LogP contribution in [-0.4, -0.2) is 57.1 Å². The lowest BCUT2D eigenvalue weighted by Crippen LogP contribution is -2.46. The molecule has 0 aliphatic carbocycles. The molecule has 2 aromatic heterocycles. The van der Waals surface area contributed by atoms with E-state index in [0.29, 0.717) is 19.0 Å². The number of carbonyl (C=O) groups is 1. The first kappa shape index (κ1) is 20.1. The third-order valence-corrected chi connectivity index (χ3v) is 6.85. The van der Waals surface area contributed by atoms with Crippen molar-refractivity contribution in [3.8, 4) is 0 Å². The Kier molecular flexibility index (Phi) is 5.18. The van der Waals surface area contributed by atoms with Crippen molar-refractivity contribution in [1.82, 2.24) is 19.2 Å². The lowest BCUT2D eigenvalue weighted by Gasteiger charge is -2.37. The number of rotatable bonds is 5. The molecule has 4 heterocycles. The Morgan fingerprint density at radius 3 is 2.61 bits per heavy atom. The molecule has 1 aromatic carbocycles. The monoisotopic (exact) mass is 418 g/mol. The van der Waals surface area contributed by atoms with Crippen LogP contribution in [0.4, 0.5) is 4.79 Å². The van der Waals surface area contributed by atoms with Crippen molar-refractivity contribution in [3.05, 3.63) is 71.8 Å². The summed E-state index contributed by atoms with van der Waals surface area (Å²) in [7, 11) is 0. The van der Waals surface area contributed by atoms with Crippen LogP contribution in [0.5, 0.6) is 0 Å². The molecular formula is C25H30N4O2. The van der Waals surface area contributed by atoms with Crippen molar-refractivity contribution >= 4 is 11.6 Å². The smallest absolute Gasteiger partial charge is 0.410 e. The van der Waals surface area contributed by atoms with Crippen molar-refractivity contribution in [2.24, 2.45) is 0 Å². The predicted octanol–water partition coefficient (Wildman–Crippen LogP) is 4.23. The molecular weight excluding hydrogens is 388 g/mol. The molecule has 2 aliphatic rings. The van der Waals surface area contributed by atoms with Crippen LogP contribution in [0.25, 0.3) is 5.52 Å². The van der Waals surface area contributed by atoms with Gasteiger partial charge in [0.05, 0.1) is 17.8 Å². The zero-order chi connectivity index (χ0) is 21.4. The van der Waals surface area contributed by atoms with Gasteiger partial charge in [0.2, 0.25) is 0 Å². The number of carbonyl (C=O) groups excluding carboxylic acids is 1. The summed E-state index contributed by atoms with van der Waals surface area (Å²) in [6, 6.07) is 16.6. The van der Waals surface area contributed by atoms with E-state index in [0.717, 1.165) is 44.0 Å². The summed E-state index contributed by atoms with van der Waals surface area (Å²) in [5, 5.41) is 0. The largest absolute Gasteiger partial charge is 0.441 e. The van der Waals surface area contributed by atoms with E-state index in [1.165, 1.54) is 11.1 Å². The van der Waals surface area contributed by atoms with Crippen molar-refractivity contribution in [3.63, 3.8) is 0 Å². The molecule has 0 bridgehead atoms. The molecule has 162 valence electrons. The maximum Gasteiger partial charge on any atom is 0.410 e. The minimum Gasteiger partial charge on any atom is -0.441 e. The summed E-state index contributed by atoms with van der Waals surface area (Å²) in [6.07, 6.45) is 3.65. The Hall–Kier alpha value is -2.86. The van der Waals surface area contributed by atoms with Crippen LogP contribution < -0.4 is 0 Å². The predicted molar refractivity (Wildman–Crippen MR) is 120 cm³/mol. The molecule has 6 nitrogen and oxygen atoms in total. The third kappa shape index (κ3) is 3.92. The van der Waals surface area contributed by atoms with Gasteiger partial charge in [0.25, 0.3) is 0 Å². The van der Waals surface area contributed by atoms with Crippen LogP contribution in [0.15, 0.2) is 54.7 Å². The minimum atomic E-state index is -0.337. The molecule has 0 radical (unpaired) electrons. The van der Waals surface area contributed by atoms with Gasteiger partial charge < -0.3 is 14.0 Å². The Balaban J connectivity index is 1.20. The zero-order valence-electron chi connectivity index (χ0n) is 18.3. The summed E-state index contributed by atoms with van der Waals surface area (Å²) in [5.41, 5.74) is 3.22. The molecule has 1 atom stereocenters. The van der Waals surface area contributed by atoms with Gasteiger partial charge >= 0.3 is 6.09 Å². The van der Waals surface area contributed by atoms with E-state index in [9.17, 15) is 4.79 Å². The van der Waals surface area contributed by atoms with E-state index in [1.54, 1.807) is 0 Å². The first-order valence-electron chi connectivity index (χ1n) is 11.2. The summed E-state index contributed by atoms with van der Waals surface area (Å²) in [6.45, 7) is 8.29. The van der Waals surface area contributed by atoms with E-state index >= 15 is 0 Å². The summed E-state index contributed by atoms with van der Waals surface area (Å²) < 4.78 is 8.10. The van der Waals surface area contributed by atoms with Gasteiger partial charge in [-0.2, -0.15) is 0 Å². The number of piperidine rings is 1. The third-order valence-electron chi connectivity index (χ3n) is 6.85. The molecule has 6 heteroatoms. The molecule has 1 unspecified atom stereocenters. The molecule has 2 fully saturated rings. The van der Waals surface area contributed by atoms with E-state index in [1.807, 2.05) is 24.0 Å². The second-order valence-corrected chi connectivity index (χ2v) is 9.08. The number of nitrogens with zero attached hydrogens (tertiary/aromatic N) is 4. The van der Waals surface area contributed by atoms with Crippen molar-refractivity contribution in [2.45, 2.75) is 44.8 Å². The van der Waals surface area contributed by atoms with Crippen LogP contribution in [-0.2, 0) is 11.3 Å². The number of imidazole rings is 1. The number of aryl methyl sites for hydroxylation is 1. The molecule has 1 spiro atoms. The average molecular weight is 419 g/mol. The highest BCUT2D eigenvalue weighted by molar-refractivity contribution is 5.71. The summed E-state index contributed by atoms with van der Waals surface area (Å²) in [5.74, 6) is 1.31. The molecule has 1 amide bonds. The van der Waals surface area contributed by atoms with Crippen LogP contribution in [0.3, 0.4) is 0 Å². The standard InChI is InChI=1S/C25H30N4O2/c1-19(21-8-4-3-5-9-21)16-28-18-25(31-24(28)30)11-14-27(15-12-25)17-22-23-10-6-7-13-29(23)20(2)26-22/h3-10,13,19H,11-12,14-18H2,1-2H3. The Morgan fingerprint density at radius 1 is 1.10 bits per heavy atom. The summed E-state index contributed by atoms with van der Waals surface area (Å²) in [4.78, 5) is 21.7. The molecule has 3 aromatic rings. The second kappa shape index (κ2) is 8.00. The topological polar surface area (TPSA) is 50.1 Å². The second-order valence-electron chi connectivity index (χ2n) is 9.08. The van der Waals surface area contributed by atoms with Crippen LogP contribution in [0.2, 0.25) is 0 Å². The lowest BCUT2D eigenvalue weighted by atomic mass is 9.91. The average Bonchev–Trinajstić information content (AvgIpc) is 3.27. The zero-order valence-corrected chi connectivity index (χ0v) is 18.3. The van der Waals surface area contributed by atoms with E-state index in [2.05, 4.69) is 58.8 Å². The highest BCUT2D eigenvalue weighted by atomic mass is 16.6. The van der Waals surface area contributed by atoms with Gasteiger partial charge in [-0.1, -0.05) is 43.3 Å². The van der Waals surface area contributed by atoms with Gasteiger partial charge in [0.15, 0.2) is 0 Å². The quantitative estimate of drug-likeness (QED) is 0.622. The fourth-order valence-electron chi connectivity index (χ4n) is 5.02. The molecule has 0 N–H and O–H groups in total. The van der Waals surface area contributed by atoms with Crippen molar-refractivity contribution in [2.75, 3.05) is 26.2 Å². The number of fused-ring (bicyclic) bond motifs is 1. The van der Waals surface area contributed by atoms with Gasteiger partial charge in [-0.15, -0.1) is 0 Å². The van der Waals surface area contributed by atoms with Crippen LogP contribution in [0.1, 0.15) is 42.8 Å². The van der Waals surface area contributed by atoms with Gasteiger partial charge in [-0.25, -0.2) is 9.78 Å². The molecule has 2 saturated heterocycles. The van der Waals surface area contributed by atoms with E-state index in [-0.39, 0.29) is 11.7 Å². The maximum atomic E-state index is 12.6. The lowest BCUT2D eigenvalue weighted by molar-refractivity contribution is -0.00140. The van der Waals surface area contributed by atoms with Gasteiger partial charge in [-0.05, 0) is 30.5 Å². The van der Waals surface area contributed by atoms with Crippen LogP contribution in [0, 0.1) is 6.92 Å².